The molecule has 0 saturated heterocycles. The van der Waals surface area contributed by atoms with Crippen molar-refractivity contribution in [3.05, 3.63) is 17.7 Å². The van der Waals surface area contributed by atoms with Crippen molar-refractivity contribution in [1.82, 2.24) is 14.9 Å². The van der Waals surface area contributed by atoms with Crippen LogP contribution in [0.5, 0.6) is 0 Å². The van der Waals surface area contributed by atoms with Gasteiger partial charge < -0.3 is 9.88 Å². The second-order valence-electron chi connectivity index (χ2n) is 11.0. The molecule has 0 atom stereocenters. The summed E-state index contributed by atoms with van der Waals surface area (Å²) in [6.45, 7) is 27.1. The highest BCUT2D eigenvalue weighted by Crippen LogP contribution is 2.27. The van der Waals surface area contributed by atoms with Gasteiger partial charge in [-0.25, -0.2) is 4.98 Å². The lowest BCUT2D eigenvalue weighted by Crippen LogP contribution is -2.40. The highest BCUT2D eigenvalue weighted by atomic mass is 15.1. The third kappa shape index (κ3) is 9.65. The van der Waals surface area contributed by atoms with E-state index in [-0.39, 0.29) is 16.5 Å². The van der Waals surface area contributed by atoms with Crippen molar-refractivity contribution in [3.8, 4) is 6.07 Å². The first-order chi connectivity index (χ1) is 10.9. The molecule has 4 heteroatoms. The van der Waals surface area contributed by atoms with Crippen molar-refractivity contribution in [1.29, 1.82) is 5.26 Å². The van der Waals surface area contributed by atoms with Crippen LogP contribution in [-0.4, -0.2) is 21.6 Å². The van der Waals surface area contributed by atoms with E-state index >= 15 is 0 Å². The van der Waals surface area contributed by atoms with Crippen molar-refractivity contribution in [3.63, 3.8) is 0 Å². The van der Waals surface area contributed by atoms with Crippen molar-refractivity contribution in [2.45, 2.75) is 99.6 Å². The Hall–Kier alpha value is -1.34. The Bertz CT molecular complexity index is 530. The van der Waals surface area contributed by atoms with E-state index in [4.69, 9.17) is 5.26 Å². The SMILES string of the molecule is CC(C)(C)CNC(C)(C)C.CC(C)(C)c1nc(C#N)cn1C(C)(C)C. The first kappa shape index (κ1) is 23.7. The van der Waals surface area contributed by atoms with Crippen LogP contribution in [0.25, 0.3) is 0 Å². The summed E-state index contributed by atoms with van der Waals surface area (Å²) in [6, 6.07) is 2.10. The largest absolute Gasteiger partial charge is 0.328 e. The minimum absolute atomic E-state index is 0.0370. The van der Waals surface area contributed by atoms with Gasteiger partial charge in [0.05, 0.1) is 0 Å². The molecular weight excluding hydrogens is 308 g/mol. The van der Waals surface area contributed by atoms with Crippen molar-refractivity contribution in [2.75, 3.05) is 6.54 Å². The number of hydrogen-bond acceptors (Lipinski definition) is 3. The van der Waals surface area contributed by atoms with Crippen LogP contribution in [-0.2, 0) is 11.0 Å². The second kappa shape index (κ2) is 7.91. The average Bonchev–Trinajstić information content (AvgIpc) is 2.79. The molecule has 0 radical (unpaired) electrons. The smallest absolute Gasteiger partial charge is 0.158 e. The van der Waals surface area contributed by atoms with Crippen LogP contribution < -0.4 is 5.32 Å². The van der Waals surface area contributed by atoms with Gasteiger partial charge in [0.1, 0.15) is 11.9 Å². The lowest BCUT2D eigenvalue weighted by atomic mass is 9.94. The molecule has 0 aromatic carbocycles. The Morgan fingerprint density at radius 3 is 1.64 bits per heavy atom. The van der Waals surface area contributed by atoms with Gasteiger partial charge in [0.25, 0.3) is 0 Å². The highest BCUT2D eigenvalue weighted by Gasteiger charge is 2.26. The lowest BCUT2D eigenvalue weighted by Gasteiger charge is -2.28. The van der Waals surface area contributed by atoms with Crippen molar-refractivity contribution < 1.29 is 0 Å². The van der Waals surface area contributed by atoms with Crippen LogP contribution >= 0.6 is 0 Å². The first-order valence-electron chi connectivity index (χ1n) is 9.12. The van der Waals surface area contributed by atoms with E-state index in [0.717, 1.165) is 12.4 Å². The molecule has 0 aliphatic carbocycles. The Morgan fingerprint density at radius 2 is 1.44 bits per heavy atom. The van der Waals surface area contributed by atoms with E-state index in [0.29, 0.717) is 11.1 Å². The van der Waals surface area contributed by atoms with E-state index in [1.807, 2.05) is 6.20 Å². The predicted octanol–water partition coefficient (Wildman–Crippen LogP) is 5.23. The molecular formula is C21H40N4. The van der Waals surface area contributed by atoms with E-state index in [9.17, 15) is 0 Å². The zero-order valence-corrected chi connectivity index (χ0v) is 18.6. The molecule has 0 amide bonds. The Balaban J connectivity index is 0.000000504. The number of hydrogen-bond donors (Lipinski definition) is 1. The first-order valence-corrected chi connectivity index (χ1v) is 9.12. The summed E-state index contributed by atoms with van der Waals surface area (Å²) in [5.41, 5.74) is 1.07. The molecule has 0 bridgehead atoms. The summed E-state index contributed by atoms with van der Waals surface area (Å²) in [6.07, 6.45) is 1.83. The normalized spacial score (nSPS) is 13.1. The molecule has 0 saturated carbocycles. The number of aromatic nitrogens is 2. The summed E-state index contributed by atoms with van der Waals surface area (Å²) in [4.78, 5) is 4.37. The van der Waals surface area contributed by atoms with Crippen LogP contribution in [0, 0.1) is 16.7 Å². The van der Waals surface area contributed by atoms with Crippen LogP contribution in [0.3, 0.4) is 0 Å². The molecule has 0 fully saturated rings. The summed E-state index contributed by atoms with van der Waals surface area (Å²) < 4.78 is 2.09. The molecule has 0 unspecified atom stereocenters. The van der Waals surface area contributed by atoms with Crippen LogP contribution in [0.15, 0.2) is 6.20 Å². The quantitative estimate of drug-likeness (QED) is 0.756. The molecule has 0 aliphatic rings. The Kier molecular flexibility index (Phi) is 7.49. The highest BCUT2D eigenvalue weighted by molar-refractivity contribution is 5.23. The van der Waals surface area contributed by atoms with Crippen molar-refractivity contribution >= 4 is 0 Å². The fourth-order valence-corrected chi connectivity index (χ4v) is 2.00. The summed E-state index contributed by atoms with van der Waals surface area (Å²) in [5, 5.41) is 12.3. The van der Waals surface area contributed by atoms with Crippen LogP contribution in [0.4, 0.5) is 0 Å². The minimum Gasteiger partial charge on any atom is -0.328 e. The second-order valence-corrected chi connectivity index (χ2v) is 11.0. The number of imidazole rings is 1. The van der Waals surface area contributed by atoms with Gasteiger partial charge in [0, 0.05) is 29.2 Å². The van der Waals surface area contributed by atoms with E-state index in [1.54, 1.807) is 0 Å². The summed E-state index contributed by atoms with van der Waals surface area (Å²) >= 11 is 0. The maximum absolute atomic E-state index is 8.88. The van der Waals surface area contributed by atoms with Crippen LogP contribution in [0.2, 0.25) is 0 Å². The monoisotopic (exact) mass is 348 g/mol. The molecule has 1 N–H and O–H groups in total. The van der Waals surface area contributed by atoms with Crippen LogP contribution in [0.1, 0.15) is 94.6 Å². The van der Waals surface area contributed by atoms with Gasteiger partial charge in [-0.15, -0.1) is 0 Å². The van der Waals surface area contributed by atoms with E-state index in [1.165, 1.54) is 0 Å². The third-order valence-corrected chi connectivity index (χ3v) is 3.36. The molecule has 1 heterocycles. The summed E-state index contributed by atoms with van der Waals surface area (Å²) in [5.74, 6) is 0.964. The third-order valence-electron chi connectivity index (χ3n) is 3.36. The lowest BCUT2D eigenvalue weighted by molar-refractivity contribution is 0.315. The van der Waals surface area contributed by atoms with Crippen molar-refractivity contribution in [2.24, 2.45) is 5.41 Å². The maximum atomic E-state index is 8.88. The molecule has 1 rings (SSSR count). The number of rotatable bonds is 1. The number of nitriles is 1. The summed E-state index contributed by atoms with van der Waals surface area (Å²) in [7, 11) is 0. The Labute approximate surface area is 156 Å². The molecule has 4 nitrogen and oxygen atoms in total. The minimum atomic E-state index is -0.0393. The van der Waals surface area contributed by atoms with E-state index in [2.05, 4.69) is 104 Å². The van der Waals surface area contributed by atoms with Gasteiger partial charge in [-0.1, -0.05) is 41.5 Å². The number of nitrogens with one attached hydrogen (secondary N) is 1. The fraction of sp³-hybridized carbons (Fsp3) is 0.810. The van der Waals surface area contributed by atoms with Gasteiger partial charge in [-0.3, -0.25) is 0 Å². The number of nitrogens with zero attached hydrogens (tertiary/aromatic N) is 3. The molecule has 144 valence electrons. The fourth-order valence-electron chi connectivity index (χ4n) is 2.00. The molecule has 0 spiro atoms. The average molecular weight is 349 g/mol. The molecule has 0 aliphatic heterocycles. The topological polar surface area (TPSA) is 53.6 Å². The van der Waals surface area contributed by atoms with Gasteiger partial charge >= 0.3 is 0 Å². The zero-order valence-electron chi connectivity index (χ0n) is 18.6. The maximum Gasteiger partial charge on any atom is 0.158 e. The van der Waals surface area contributed by atoms with Gasteiger partial charge in [-0.2, -0.15) is 5.26 Å². The Morgan fingerprint density at radius 1 is 0.960 bits per heavy atom. The predicted molar refractivity (Wildman–Crippen MR) is 108 cm³/mol. The zero-order chi connectivity index (χ0) is 20.3. The standard InChI is InChI=1S/C12H19N3.C9H21N/c1-11(2,3)10-14-9(7-13)8-15(10)12(4,5)6;1-8(2,3)7-10-9(4,5)6/h8H,1-6H3;10H,7H2,1-6H3. The van der Waals surface area contributed by atoms with E-state index < -0.39 is 0 Å². The molecule has 1 aromatic rings. The molecule has 25 heavy (non-hydrogen) atoms. The van der Waals surface area contributed by atoms with Gasteiger partial charge in [-0.05, 0) is 47.0 Å². The van der Waals surface area contributed by atoms with Gasteiger partial charge in [0.2, 0.25) is 0 Å². The molecule has 1 aromatic heterocycles. The van der Waals surface area contributed by atoms with Gasteiger partial charge in [0.15, 0.2) is 5.69 Å².